The van der Waals surface area contributed by atoms with E-state index in [4.69, 9.17) is 8.37 Å². The van der Waals surface area contributed by atoms with Gasteiger partial charge in [0.15, 0.2) is 0 Å². The zero-order valence-corrected chi connectivity index (χ0v) is 26.2. The molecule has 0 spiro atoms. The van der Waals surface area contributed by atoms with Crippen molar-refractivity contribution in [1.82, 2.24) is 10.9 Å². The Morgan fingerprint density at radius 2 is 1.00 bits per heavy atom. The zero-order chi connectivity index (χ0) is 35.6. The molecule has 0 saturated heterocycles. The van der Waals surface area contributed by atoms with Gasteiger partial charge < -0.3 is 8.37 Å². The summed E-state index contributed by atoms with van der Waals surface area (Å²) < 4.78 is 59.8. The fraction of sp³-hybridized carbons (Fsp3) is 0.0345. The average Bonchev–Trinajstić information content (AvgIpc) is 3.06. The van der Waals surface area contributed by atoms with Gasteiger partial charge in [0.2, 0.25) is 11.8 Å². The van der Waals surface area contributed by atoms with Crippen LogP contribution in [0.15, 0.2) is 117 Å². The number of nitrogens with one attached hydrogen (secondary N) is 2. The van der Waals surface area contributed by atoms with Crippen molar-refractivity contribution in [2.45, 2.75) is 16.2 Å². The molecule has 0 radical (unpaired) electrons. The van der Waals surface area contributed by atoms with Gasteiger partial charge in [0, 0.05) is 24.3 Å². The van der Waals surface area contributed by atoms with Gasteiger partial charge in [-0.2, -0.15) is 27.0 Å². The normalized spacial score (nSPS) is 11.6. The van der Waals surface area contributed by atoms with Crippen LogP contribution in [0.25, 0.3) is 0 Å². The number of amides is 2. The molecular formula is C29H22N6O12S2. The summed E-state index contributed by atoms with van der Waals surface area (Å²) in [7, 11) is -8.70. The van der Waals surface area contributed by atoms with E-state index in [9.17, 15) is 46.7 Å². The minimum Gasteiger partial charge on any atom is -0.379 e. The minimum atomic E-state index is -4.35. The number of nitro benzene ring substituents is 2. The number of carbonyl (C=O) groups excluding carboxylic acids is 2. The summed E-state index contributed by atoms with van der Waals surface area (Å²) in [5.74, 6) is -1.72. The highest BCUT2D eigenvalue weighted by Crippen LogP contribution is 2.23. The summed E-state index contributed by atoms with van der Waals surface area (Å²) in [6.45, 7) is 0. The van der Waals surface area contributed by atoms with E-state index >= 15 is 0 Å². The molecule has 0 aliphatic carbocycles. The lowest BCUT2D eigenvalue weighted by molar-refractivity contribution is -0.385. The van der Waals surface area contributed by atoms with Crippen molar-refractivity contribution in [2.24, 2.45) is 10.2 Å². The second kappa shape index (κ2) is 15.4. The summed E-state index contributed by atoms with van der Waals surface area (Å²) in [4.78, 5) is 43.6. The van der Waals surface area contributed by atoms with Crippen molar-refractivity contribution in [1.29, 1.82) is 0 Å². The fourth-order valence-electron chi connectivity index (χ4n) is 3.66. The van der Waals surface area contributed by atoms with Crippen molar-refractivity contribution in [3.05, 3.63) is 128 Å². The maximum Gasteiger partial charge on any atom is 0.339 e. The van der Waals surface area contributed by atoms with E-state index < -0.39 is 69.5 Å². The van der Waals surface area contributed by atoms with Crippen molar-refractivity contribution in [3.8, 4) is 11.5 Å². The molecular weight excluding hydrogens is 688 g/mol. The first-order valence-electron chi connectivity index (χ1n) is 13.4. The highest BCUT2D eigenvalue weighted by atomic mass is 32.2. The number of carbonyl (C=O) groups is 2. The fourth-order valence-corrected chi connectivity index (χ4v) is 5.60. The number of hydrazone groups is 2. The highest BCUT2D eigenvalue weighted by molar-refractivity contribution is 7.87. The van der Waals surface area contributed by atoms with Gasteiger partial charge in [-0.1, -0.05) is 12.1 Å². The van der Waals surface area contributed by atoms with Crippen LogP contribution in [0, 0.1) is 20.2 Å². The molecule has 0 aliphatic rings. The molecule has 252 valence electrons. The SMILES string of the molecule is O=C(CC(=O)N/N=C/c1ccc(OS(=O)(=O)c2cccc([N+](=O)[O-])c2)cc1)N/N=C/c1ccc(OS(=O)(=O)c2cccc([N+](=O)[O-])c2)cc1. The second-order valence-electron chi connectivity index (χ2n) is 9.49. The van der Waals surface area contributed by atoms with Crippen LogP contribution in [-0.2, 0) is 29.8 Å². The van der Waals surface area contributed by atoms with Gasteiger partial charge in [-0.25, -0.2) is 10.9 Å². The van der Waals surface area contributed by atoms with E-state index in [1.165, 1.54) is 73.1 Å². The van der Waals surface area contributed by atoms with Crippen molar-refractivity contribution < 1.29 is 44.6 Å². The molecule has 2 N–H and O–H groups in total. The van der Waals surface area contributed by atoms with Crippen LogP contribution < -0.4 is 19.2 Å². The van der Waals surface area contributed by atoms with Crippen LogP contribution in [0.4, 0.5) is 11.4 Å². The molecule has 0 fully saturated rings. The van der Waals surface area contributed by atoms with E-state index in [-0.39, 0.29) is 11.5 Å². The lowest BCUT2D eigenvalue weighted by Gasteiger charge is -2.07. The van der Waals surface area contributed by atoms with Crippen LogP contribution >= 0.6 is 0 Å². The number of nitrogens with zero attached hydrogens (tertiary/aromatic N) is 4. The zero-order valence-electron chi connectivity index (χ0n) is 24.6. The van der Waals surface area contributed by atoms with Crippen LogP contribution in [0.5, 0.6) is 11.5 Å². The quantitative estimate of drug-likeness (QED) is 0.0629. The molecule has 49 heavy (non-hydrogen) atoms. The van der Waals surface area contributed by atoms with E-state index in [1.54, 1.807) is 0 Å². The molecule has 0 aliphatic heterocycles. The molecule has 18 nitrogen and oxygen atoms in total. The molecule has 0 atom stereocenters. The van der Waals surface area contributed by atoms with Crippen molar-refractivity contribution in [2.75, 3.05) is 0 Å². The number of nitro groups is 2. The molecule has 4 aromatic carbocycles. The van der Waals surface area contributed by atoms with Crippen molar-refractivity contribution >= 4 is 55.9 Å². The maximum absolute atomic E-state index is 12.5. The van der Waals surface area contributed by atoms with Gasteiger partial charge in [-0.3, -0.25) is 29.8 Å². The first kappa shape index (κ1) is 35.3. The number of hydrogen-bond donors (Lipinski definition) is 2. The second-order valence-corrected chi connectivity index (χ2v) is 12.6. The summed E-state index contributed by atoms with van der Waals surface area (Å²) in [5, 5.41) is 29.3. The first-order chi connectivity index (χ1) is 23.2. The minimum absolute atomic E-state index is 0.0831. The van der Waals surface area contributed by atoms with Crippen LogP contribution in [0.2, 0.25) is 0 Å². The largest absolute Gasteiger partial charge is 0.379 e. The molecule has 0 bridgehead atoms. The average molecular weight is 711 g/mol. The Morgan fingerprint density at radius 3 is 1.35 bits per heavy atom. The molecule has 20 heteroatoms. The van der Waals surface area contributed by atoms with Gasteiger partial charge in [0.1, 0.15) is 27.7 Å². The molecule has 4 aromatic rings. The van der Waals surface area contributed by atoms with Crippen LogP contribution in [-0.4, -0.2) is 50.9 Å². The predicted molar refractivity (Wildman–Crippen MR) is 171 cm³/mol. The third kappa shape index (κ3) is 10.2. The Bertz CT molecular complexity index is 2020. The summed E-state index contributed by atoms with van der Waals surface area (Å²) in [6.07, 6.45) is 1.80. The number of benzene rings is 4. The Labute approximate surface area is 277 Å². The van der Waals surface area contributed by atoms with Crippen LogP contribution in [0.1, 0.15) is 17.5 Å². The number of rotatable bonds is 14. The third-order valence-corrected chi connectivity index (χ3v) is 8.42. The monoisotopic (exact) mass is 710 g/mol. The van der Waals surface area contributed by atoms with Gasteiger partial charge in [0.05, 0.1) is 22.3 Å². The number of hydrogen-bond acceptors (Lipinski definition) is 14. The third-order valence-electron chi connectivity index (χ3n) is 5.93. The van der Waals surface area contributed by atoms with E-state index in [0.29, 0.717) is 11.1 Å². The van der Waals surface area contributed by atoms with E-state index in [0.717, 1.165) is 36.4 Å². The molecule has 0 heterocycles. The molecule has 2 amide bonds. The highest BCUT2D eigenvalue weighted by Gasteiger charge is 2.21. The molecule has 0 aromatic heterocycles. The summed E-state index contributed by atoms with van der Waals surface area (Å²) in [6, 6.07) is 19.6. The Kier molecular flexibility index (Phi) is 11.1. The Morgan fingerprint density at radius 1 is 0.633 bits per heavy atom. The summed E-state index contributed by atoms with van der Waals surface area (Å²) in [5.41, 5.74) is 4.30. The standard InChI is InChI=1S/C29H22N6O12S2/c36-28(32-30-18-20-7-11-24(12-8-20)46-48(42,43)26-5-1-3-22(15-26)34(38)39)17-29(37)33-31-19-21-9-13-25(14-10-21)47-49(44,45)27-6-2-4-23(16-27)35(40)41/h1-16,18-19H,17H2,(H,32,36)(H,33,37)/b30-18+,31-19+. The molecule has 0 unspecified atom stereocenters. The predicted octanol–water partition coefficient (Wildman–Crippen LogP) is 3.03. The lowest BCUT2D eigenvalue weighted by atomic mass is 10.2. The van der Waals surface area contributed by atoms with Gasteiger partial charge in [0.25, 0.3) is 11.4 Å². The smallest absolute Gasteiger partial charge is 0.339 e. The van der Waals surface area contributed by atoms with Gasteiger partial charge >= 0.3 is 20.2 Å². The lowest BCUT2D eigenvalue weighted by Crippen LogP contribution is -2.27. The van der Waals surface area contributed by atoms with Gasteiger partial charge in [-0.05, 0) is 71.8 Å². The van der Waals surface area contributed by atoms with Crippen LogP contribution in [0.3, 0.4) is 0 Å². The van der Waals surface area contributed by atoms with E-state index in [1.807, 2.05) is 0 Å². The van der Waals surface area contributed by atoms with E-state index in [2.05, 4.69) is 21.1 Å². The van der Waals surface area contributed by atoms with Gasteiger partial charge in [-0.15, -0.1) is 0 Å². The Balaban J connectivity index is 1.21. The molecule has 0 saturated carbocycles. The molecule has 4 rings (SSSR count). The number of non-ortho nitro benzene ring substituents is 2. The topological polar surface area (TPSA) is 256 Å². The first-order valence-corrected chi connectivity index (χ1v) is 16.3. The summed E-state index contributed by atoms with van der Waals surface area (Å²) >= 11 is 0. The maximum atomic E-state index is 12.5. The van der Waals surface area contributed by atoms with Crippen molar-refractivity contribution in [3.63, 3.8) is 0 Å². The Hall–Kier alpha value is -6.54.